The second-order valence-electron chi connectivity index (χ2n) is 5.84. The Morgan fingerprint density at radius 1 is 1.39 bits per heavy atom. The van der Waals surface area contributed by atoms with Gasteiger partial charge in [0.25, 0.3) is 0 Å². The molecule has 0 spiro atoms. The van der Waals surface area contributed by atoms with E-state index in [1.54, 1.807) is 0 Å². The molecule has 1 fully saturated rings. The summed E-state index contributed by atoms with van der Waals surface area (Å²) in [5, 5.41) is 0. The molecule has 0 unspecified atom stereocenters. The number of piperazine rings is 1. The first kappa shape index (κ1) is 13.5. The molecular formula is C13H25N5. The van der Waals surface area contributed by atoms with Crippen LogP contribution in [0.4, 0.5) is 0 Å². The second kappa shape index (κ2) is 5.38. The van der Waals surface area contributed by atoms with E-state index in [9.17, 15) is 0 Å². The molecule has 18 heavy (non-hydrogen) atoms. The monoisotopic (exact) mass is 251 g/mol. The van der Waals surface area contributed by atoms with Crippen molar-refractivity contribution in [1.29, 1.82) is 0 Å². The highest BCUT2D eigenvalue weighted by Crippen LogP contribution is 2.19. The molecule has 5 nitrogen and oxygen atoms in total. The minimum Gasteiger partial charge on any atom is -0.336 e. The molecule has 102 valence electrons. The first-order chi connectivity index (χ1) is 8.51. The summed E-state index contributed by atoms with van der Waals surface area (Å²) in [5.41, 5.74) is 6.93. The Morgan fingerprint density at radius 2 is 2.17 bits per heavy atom. The predicted molar refractivity (Wildman–Crippen MR) is 73.3 cm³/mol. The van der Waals surface area contributed by atoms with E-state index < -0.39 is 0 Å². The zero-order chi connectivity index (χ0) is 13.2. The van der Waals surface area contributed by atoms with E-state index in [1.165, 1.54) is 0 Å². The van der Waals surface area contributed by atoms with E-state index in [2.05, 4.69) is 46.4 Å². The second-order valence-corrected chi connectivity index (χ2v) is 5.84. The van der Waals surface area contributed by atoms with Gasteiger partial charge in [-0.2, -0.15) is 0 Å². The summed E-state index contributed by atoms with van der Waals surface area (Å²) in [6.07, 6.45) is 3.99. The fourth-order valence-electron chi connectivity index (χ4n) is 2.46. The van der Waals surface area contributed by atoms with Crippen molar-refractivity contribution in [3.63, 3.8) is 0 Å². The quantitative estimate of drug-likeness (QED) is 0.840. The van der Waals surface area contributed by atoms with Crippen molar-refractivity contribution in [1.82, 2.24) is 19.4 Å². The maximum absolute atomic E-state index is 5.54. The van der Waals surface area contributed by atoms with E-state index >= 15 is 0 Å². The Kier molecular flexibility index (Phi) is 4.04. The molecular weight excluding hydrogens is 226 g/mol. The lowest BCUT2D eigenvalue weighted by molar-refractivity contribution is 0.0354. The smallest absolute Gasteiger partial charge is 0.0950 e. The highest BCUT2D eigenvalue weighted by atomic mass is 15.3. The number of hydrogen-bond acceptors (Lipinski definition) is 4. The van der Waals surface area contributed by atoms with Crippen molar-refractivity contribution in [3.05, 3.63) is 18.2 Å². The maximum atomic E-state index is 5.54. The lowest BCUT2D eigenvalue weighted by Crippen LogP contribution is -2.57. The molecule has 0 amide bonds. The molecule has 0 atom stereocenters. The number of rotatable bonds is 4. The van der Waals surface area contributed by atoms with Crippen LogP contribution < -0.4 is 5.73 Å². The van der Waals surface area contributed by atoms with Crippen molar-refractivity contribution in [3.8, 4) is 0 Å². The van der Waals surface area contributed by atoms with Crippen molar-refractivity contribution < 1.29 is 0 Å². The Morgan fingerprint density at radius 3 is 2.83 bits per heavy atom. The molecule has 1 aliphatic rings. The van der Waals surface area contributed by atoms with Crippen LogP contribution in [0.2, 0.25) is 0 Å². The van der Waals surface area contributed by atoms with E-state index in [4.69, 9.17) is 5.73 Å². The number of nitrogens with two attached hydrogens (primary N) is 1. The van der Waals surface area contributed by atoms with Crippen LogP contribution >= 0.6 is 0 Å². The first-order valence-electron chi connectivity index (χ1n) is 6.65. The van der Waals surface area contributed by atoms with Gasteiger partial charge in [-0.1, -0.05) is 0 Å². The molecule has 0 bridgehead atoms. The normalized spacial score (nSPS) is 21.3. The van der Waals surface area contributed by atoms with E-state index in [1.807, 2.05) is 6.33 Å². The van der Waals surface area contributed by atoms with Crippen LogP contribution in [-0.4, -0.2) is 58.1 Å². The van der Waals surface area contributed by atoms with Gasteiger partial charge in [0, 0.05) is 51.0 Å². The van der Waals surface area contributed by atoms with Crippen LogP contribution in [0.5, 0.6) is 0 Å². The summed E-state index contributed by atoms with van der Waals surface area (Å²) < 4.78 is 2.07. The van der Waals surface area contributed by atoms with Gasteiger partial charge in [0.2, 0.25) is 0 Å². The van der Waals surface area contributed by atoms with Crippen molar-refractivity contribution >= 4 is 0 Å². The zero-order valence-corrected chi connectivity index (χ0v) is 11.8. The third kappa shape index (κ3) is 3.10. The molecule has 0 radical (unpaired) electrons. The van der Waals surface area contributed by atoms with Crippen LogP contribution in [0.25, 0.3) is 0 Å². The van der Waals surface area contributed by atoms with Crippen LogP contribution in [0, 0.1) is 0 Å². The molecule has 0 saturated carbocycles. The number of likely N-dealkylation sites (N-methyl/N-ethyl adjacent to an activating group) is 1. The molecule has 0 aliphatic carbocycles. The number of aromatic nitrogens is 2. The Hall–Kier alpha value is -0.910. The van der Waals surface area contributed by atoms with Gasteiger partial charge in [-0.15, -0.1) is 0 Å². The number of nitrogens with zero attached hydrogens (tertiary/aromatic N) is 4. The van der Waals surface area contributed by atoms with Gasteiger partial charge < -0.3 is 10.3 Å². The highest BCUT2D eigenvalue weighted by molar-refractivity contribution is 4.99. The van der Waals surface area contributed by atoms with Crippen molar-refractivity contribution in [2.45, 2.75) is 32.5 Å². The standard InChI is InChI=1S/C13H25N5/c1-13(2)10-17(7-6-16(13)3)8-12-9-18(5-4-14)11-15-12/h9,11H,4-8,10,14H2,1-3H3. The minimum absolute atomic E-state index is 0.248. The lowest BCUT2D eigenvalue weighted by Gasteiger charge is -2.45. The van der Waals surface area contributed by atoms with Gasteiger partial charge >= 0.3 is 0 Å². The summed E-state index contributed by atoms with van der Waals surface area (Å²) in [7, 11) is 2.20. The van der Waals surface area contributed by atoms with Crippen LogP contribution in [0.15, 0.2) is 12.5 Å². The van der Waals surface area contributed by atoms with Crippen molar-refractivity contribution in [2.24, 2.45) is 5.73 Å². The highest BCUT2D eigenvalue weighted by Gasteiger charge is 2.30. The topological polar surface area (TPSA) is 50.3 Å². The minimum atomic E-state index is 0.248. The lowest BCUT2D eigenvalue weighted by atomic mass is 10.00. The summed E-state index contributed by atoms with van der Waals surface area (Å²) >= 11 is 0. The molecule has 1 aromatic rings. The molecule has 1 aliphatic heterocycles. The van der Waals surface area contributed by atoms with Crippen LogP contribution in [0.1, 0.15) is 19.5 Å². The maximum Gasteiger partial charge on any atom is 0.0950 e. The summed E-state index contributed by atoms with van der Waals surface area (Å²) in [6.45, 7) is 10.4. The third-order valence-electron chi connectivity index (χ3n) is 3.86. The fourth-order valence-corrected chi connectivity index (χ4v) is 2.46. The number of hydrogen-bond donors (Lipinski definition) is 1. The summed E-state index contributed by atoms with van der Waals surface area (Å²) in [6, 6.07) is 0. The average Bonchev–Trinajstić information content (AvgIpc) is 2.71. The molecule has 2 rings (SSSR count). The molecule has 5 heteroatoms. The van der Waals surface area contributed by atoms with Gasteiger partial charge in [-0.05, 0) is 20.9 Å². The average molecular weight is 251 g/mol. The summed E-state index contributed by atoms with van der Waals surface area (Å²) in [4.78, 5) is 9.36. The number of imidazole rings is 1. The fraction of sp³-hybridized carbons (Fsp3) is 0.769. The molecule has 1 saturated heterocycles. The van der Waals surface area contributed by atoms with E-state index in [0.29, 0.717) is 6.54 Å². The molecule has 1 aromatic heterocycles. The Bertz CT molecular complexity index is 384. The van der Waals surface area contributed by atoms with Crippen LogP contribution in [0.3, 0.4) is 0 Å². The van der Waals surface area contributed by atoms with Gasteiger partial charge in [-0.3, -0.25) is 9.80 Å². The zero-order valence-electron chi connectivity index (χ0n) is 11.8. The van der Waals surface area contributed by atoms with Gasteiger partial charge in [0.1, 0.15) is 0 Å². The van der Waals surface area contributed by atoms with E-state index in [0.717, 1.165) is 38.4 Å². The van der Waals surface area contributed by atoms with Crippen molar-refractivity contribution in [2.75, 3.05) is 33.2 Å². The molecule has 0 aromatic carbocycles. The molecule has 2 N–H and O–H groups in total. The van der Waals surface area contributed by atoms with E-state index in [-0.39, 0.29) is 5.54 Å². The largest absolute Gasteiger partial charge is 0.336 e. The van der Waals surface area contributed by atoms with Gasteiger partial charge in [0.05, 0.1) is 12.0 Å². The first-order valence-corrected chi connectivity index (χ1v) is 6.65. The van der Waals surface area contributed by atoms with Gasteiger partial charge in [-0.25, -0.2) is 4.98 Å². The van der Waals surface area contributed by atoms with Crippen LogP contribution in [-0.2, 0) is 13.1 Å². The third-order valence-corrected chi connectivity index (χ3v) is 3.86. The van der Waals surface area contributed by atoms with Gasteiger partial charge in [0.15, 0.2) is 0 Å². The predicted octanol–water partition coefficient (Wildman–Crippen LogP) is 0.368. The Balaban J connectivity index is 1.93. The Labute approximate surface area is 110 Å². The summed E-state index contributed by atoms with van der Waals surface area (Å²) in [5.74, 6) is 0. The SMILES string of the molecule is CN1CCN(Cc2cn(CCN)cn2)CC1(C)C. The molecule has 2 heterocycles.